The second-order valence-corrected chi connectivity index (χ2v) is 4.26. The number of nitrogens with zero attached hydrogens (tertiary/aromatic N) is 4. The first-order valence-corrected chi connectivity index (χ1v) is 6.33. The van der Waals surface area contributed by atoms with Crippen LogP contribution < -0.4 is 4.90 Å². The molecule has 0 fully saturated rings. The minimum atomic E-state index is 0.562. The highest BCUT2D eigenvalue weighted by Gasteiger charge is 2.13. The SMILES string of the molecule is COCCN(Cc1cccnc1)c1ncccc1C#N. The molecular weight excluding hydrogens is 252 g/mol. The first kappa shape index (κ1) is 14.0. The number of hydrogen-bond acceptors (Lipinski definition) is 5. The van der Waals surface area contributed by atoms with Gasteiger partial charge in [0.05, 0.1) is 12.2 Å². The van der Waals surface area contributed by atoms with Crippen molar-refractivity contribution in [3.05, 3.63) is 54.0 Å². The van der Waals surface area contributed by atoms with Crippen molar-refractivity contribution in [2.75, 3.05) is 25.2 Å². The third-order valence-electron chi connectivity index (χ3n) is 2.87. The van der Waals surface area contributed by atoms with Crippen LogP contribution >= 0.6 is 0 Å². The van der Waals surface area contributed by atoms with E-state index in [2.05, 4.69) is 16.0 Å². The van der Waals surface area contributed by atoms with Crippen LogP contribution in [0.1, 0.15) is 11.1 Å². The molecule has 20 heavy (non-hydrogen) atoms. The number of nitriles is 1. The zero-order valence-corrected chi connectivity index (χ0v) is 11.4. The largest absolute Gasteiger partial charge is 0.383 e. The summed E-state index contributed by atoms with van der Waals surface area (Å²) in [4.78, 5) is 10.5. The van der Waals surface area contributed by atoms with Gasteiger partial charge in [0.2, 0.25) is 0 Å². The molecule has 0 atom stereocenters. The molecule has 2 aromatic rings. The van der Waals surface area contributed by atoms with E-state index >= 15 is 0 Å². The molecule has 5 heteroatoms. The van der Waals surface area contributed by atoms with Gasteiger partial charge in [0, 0.05) is 38.8 Å². The Bertz CT molecular complexity index is 580. The number of aromatic nitrogens is 2. The summed E-state index contributed by atoms with van der Waals surface area (Å²) in [6.45, 7) is 1.88. The Morgan fingerprint density at radius 2 is 2.15 bits per heavy atom. The Kier molecular flexibility index (Phi) is 5.04. The van der Waals surface area contributed by atoms with Crippen LogP contribution in [0.5, 0.6) is 0 Å². The summed E-state index contributed by atoms with van der Waals surface area (Å²) in [7, 11) is 1.66. The monoisotopic (exact) mass is 268 g/mol. The highest BCUT2D eigenvalue weighted by Crippen LogP contribution is 2.18. The second kappa shape index (κ2) is 7.22. The van der Waals surface area contributed by atoms with Gasteiger partial charge in [-0.25, -0.2) is 4.98 Å². The molecule has 0 saturated heterocycles. The van der Waals surface area contributed by atoms with Crippen LogP contribution in [0.4, 0.5) is 5.82 Å². The number of pyridine rings is 2. The maximum Gasteiger partial charge on any atom is 0.146 e. The lowest BCUT2D eigenvalue weighted by Crippen LogP contribution is -2.28. The molecule has 0 unspecified atom stereocenters. The van der Waals surface area contributed by atoms with Gasteiger partial charge in [0.1, 0.15) is 11.9 Å². The first-order chi connectivity index (χ1) is 9.85. The third kappa shape index (κ3) is 3.53. The quantitative estimate of drug-likeness (QED) is 0.802. The molecule has 5 nitrogen and oxygen atoms in total. The lowest BCUT2D eigenvalue weighted by Gasteiger charge is -2.24. The summed E-state index contributed by atoms with van der Waals surface area (Å²) in [5.41, 5.74) is 1.63. The Balaban J connectivity index is 2.25. The van der Waals surface area contributed by atoms with Crippen molar-refractivity contribution in [2.45, 2.75) is 6.54 Å². The minimum absolute atomic E-state index is 0.562. The van der Waals surface area contributed by atoms with Crippen LogP contribution in [-0.4, -0.2) is 30.2 Å². The maximum atomic E-state index is 9.20. The summed E-state index contributed by atoms with van der Waals surface area (Å²) in [6, 6.07) is 9.61. The Labute approximate surface area is 118 Å². The number of rotatable bonds is 6. The number of hydrogen-bond donors (Lipinski definition) is 0. The van der Waals surface area contributed by atoms with Gasteiger partial charge < -0.3 is 9.64 Å². The predicted octanol–water partition coefficient (Wildman–Crippen LogP) is 2.00. The van der Waals surface area contributed by atoms with Crippen molar-refractivity contribution < 1.29 is 4.74 Å². The van der Waals surface area contributed by atoms with Crippen LogP contribution in [0.3, 0.4) is 0 Å². The smallest absolute Gasteiger partial charge is 0.146 e. The molecule has 0 aliphatic carbocycles. The van der Waals surface area contributed by atoms with E-state index in [1.807, 2.05) is 23.2 Å². The summed E-state index contributed by atoms with van der Waals surface area (Å²) in [5, 5.41) is 9.20. The van der Waals surface area contributed by atoms with Crippen molar-refractivity contribution in [3.8, 4) is 6.07 Å². The Morgan fingerprint density at radius 3 is 2.85 bits per heavy atom. The van der Waals surface area contributed by atoms with Gasteiger partial charge >= 0.3 is 0 Å². The molecule has 2 aromatic heterocycles. The van der Waals surface area contributed by atoms with E-state index in [0.717, 1.165) is 5.56 Å². The van der Waals surface area contributed by atoms with Crippen LogP contribution in [0, 0.1) is 11.3 Å². The average molecular weight is 268 g/mol. The predicted molar refractivity (Wildman–Crippen MR) is 76.1 cm³/mol. The van der Waals surface area contributed by atoms with Gasteiger partial charge in [0.25, 0.3) is 0 Å². The molecule has 102 valence electrons. The summed E-state index contributed by atoms with van der Waals surface area (Å²) < 4.78 is 5.14. The normalized spacial score (nSPS) is 10.0. The lowest BCUT2D eigenvalue weighted by atomic mass is 10.2. The first-order valence-electron chi connectivity index (χ1n) is 6.33. The molecule has 0 amide bonds. The van der Waals surface area contributed by atoms with Crippen molar-refractivity contribution >= 4 is 5.82 Å². The fourth-order valence-corrected chi connectivity index (χ4v) is 1.91. The molecule has 2 heterocycles. The Morgan fingerprint density at radius 1 is 1.30 bits per heavy atom. The molecule has 0 spiro atoms. The topological polar surface area (TPSA) is 62.0 Å². The van der Waals surface area contributed by atoms with Crippen molar-refractivity contribution in [1.82, 2.24) is 9.97 Å². The van der Waals surface area contributed by atoms with Gasteiger partial charge in [-0.1, -0.05) is 6.07 Å². The molecule has 0 saturated carbocycles. The molecule has 0 aromatic carbocycles. The molecule has 0 aliphatic rings. The Hall–Kier alpha value is -2.45. The van der Waals surface area contributed by atoms with E-state index in [1.54, 1.807) is 31.6 Å². The van der Waals surface area contributed by atoms with E-state index in [4.69, 9.17) is 4.74 Å². The van der Waals surface area contributed by atoms with E-state index in [-0.39, 0.29) is 0 Å². The maximum absolute atomic E-state index is 9.20. The number of methoxy groups -OCH3 is 1. The van der Waals surface area contributed by atoms with Gasteiger partial charge in [0.15, 0.2) is 0 Å². The summed E-state index contributed by atoms with van der Waals surface area (Å²) in [6.07, 6.45) is 5.25. The second-order valence-electron chi connectivity index (χ2n) is 4.26. The highest BCUT2D eigenvalue weighted by atomic mass is 16.5. The van der Waals surface area contributed by atoms with E-state index in [0.29, 0.717) is 31.1 Å². The number of anilines is 1. The standard InChI is InChI=1S/C15H16N4O/c1-20-9-8-19(12-13-4-2-6-17-11-13)15-14(10-16)5-3-7-18-15/h2-7,11H,8-9,12H2,1H3. The van der Waals surface area contributed by atoms with Gasteiger partial charge in [-0.05, 0) is 23.8 Å². The summed E-state index contributed by atoms with van der Waals surface area (Å²) >= 11 is 0. The molecule has 0 bridgehead atoms. The molecule has 0 N–H and O–H groups in total. The van der Waals surface area contributed by atoms with Crippen LogP contribution in [0.25, 0.3) is 0 Å². The zero-order chi connectivity index (χ0) is 14.2. The third-order valence-corrected chi connectivity index (χ3v) is 2.87. The van der Waals surface area contributed by atoms with Crippen molar-refractivity contribution in [2.24, 2.45) is 0 Å². The van der Waals surface area contributed by atoms with Gasteiger partial charge in [-0.15, -0.1) is 0 Å². The fraction of sp³-hybridized carbons (Fsp3) is 0.267. The van der Waals surface area contributed by atoms with Crippen LogP contribution in [-0.2, 0) is 11.3 Å². The minimum Gasteiger partial charge on any atom is -0.383 e. The fourth-order valence-electron chi connectivity index (χ4n) is 1.91. The molecule has 0 radical (unpaired) electrons. The van der Waals surface area contributed by atoms with Crippen molar-refractivity contribution in [3.63, 3.8) is 0 Å². The van der Waals surface area contributed by atoms with E-state index in [9.17, 15) is 5.26 Å². The van der Waals surface area contributed by atoms with Gasteiger partial charge in [-0.2, -0.15) is 5.26 Å². The van der Waals surface area contributed by atoms with Gasteiger partial charge in [-0.3, -0.25) is 4.98 Å². The lowest BCUT2D eigenvalue weighted by molar-refractivity contribution is 0.205. The molecule has 2 rings (SSSR count). The van der Waals surface area contributed by atoms with E-state index < -0.39 is 0 Å². The molecular formula is C15H16N4O. The average Bonchev–Trinajstić information content (AvgIpc) is 2.52. The van der Waals surface area contributed by atoms with Crippen LogP contribution in [0.15, 0.2) is 42.9 Å². The highest BCUT2D eigenvalue weighted by molar-refractivity contribution is 5.53. The molecule has 0 aliphatic heterocycles. The van der Waals surface area contributed by atoms with Crippen LogP contribution in [0.2, 0.25) is 0 Å². The zero-order valence-electron chi connectivity index (χ0n) is 11.4. The van der Waals surface area contributed by atoms with E-state index in [1.165, 1.54) is 0 Å². The number of ether oxygens (including phenoxy) is 1. The summed E-state index contributed by atoms with van der Waals surface area (Å²) in [5.74, 6) is 0.677. The van der Waals surface area contributed by atoms with Crippen molar-refractivity contribution in [1.29, 1.82) is 5.26 Å².